The first-order chi connectivity index (χ1) is 15.2. The SMILES string of the molecule is COc1c(C)cc(C)cc1/C(O)=C1/C(=O)C(=O)N(c2cc(Cl)ccc2C)C1c1cccs1. The molecule has 4 rings (SSSR count). The molecule has 1 aliphatic rings. The number of hydrogen-bond donors (Lipinski definition) is 1. The third-order valence-electron chi connectivity index (χ3n) is 5.57. The summed E-state index contributed by atoms with van der Waals surface area (Å²) in [6, 6.07) is 11.8. The number of rotatable bonds is 4. The smallest absolute Gasteiger partial charge is 0.300 e. The van der Waals surface area contributed by atoms with E-state index in [1.165, 1.54) is 23.3 Å². The number of anilines is 1. The molecule has 1 fully saturated rings. The van der Waals surface area contributed by atoms with Gasteiger partial charge in [0.1, 0.15) is 17.6 Å². The van der Waals surface area contributed by atoms with Gasteiger partial charge in [-0.15, -0.1) is 11.3 Å². The van der Waals surface area contributed by atoms with Crippen LogP contribution in [0.2, 0.25) is 5.02 Å². The summed E-state index contributed by atoms with van der Waals surface area (Å²) in [7, 11) is 1.51. The number of aliphatic hydroxyl groups is 1. The number of benzene rings is 2. The maximum atomic E-state index is 13.3. The number of carbonyl (C=O) groups excluding carboxylic acids is 2. The van der Waals surface area contributed by atoms with Gasteiger partial charge in [-0.25, -0.2) is 0 Å². The molecule has 2 aromatic carbocycles. The Balaban J connectivity index is 2.01. The van der Waals surface area contributed by atoms with Crippen LogP contribution in [0.1, 0.15) is 33.2 Å². The first-order valence-corrected chi connectivity index (χ1v) is 11.3. The van der Waals surface area contributed by atoms with E-state index in [0.717, 1.165) is 21.6 Å². The number of nitrogens with zero attached hydrogens (tertiary/aromatic N) is 1. The number of halogens is 1. The Labute approximate surface area is 195 Å². The summed E-state index contributed by atoms with van der Waals surface area (Å²) in [6.07, 6.45) is 0. The van der Waals surface area contributed by atoms with E-state index in [9.17, 15) is 14.7 Å². The molecule has 0 radical (unpaired) electrons. The van der Waals surface area contributed by atoms with E-state index in [1.54, 1.807) is 24.3 Å². The van der Waals surface area contributed by atoms with Crippen molar-refractivity contribution in [2.24, 2.45) is 0 Å². The average molecular weight is 468 g/mol. The van der Waals surface area contributed by atoms with Crippen molar-refractivity contribution in [2.75, 3.05) is 12.0 Å². The lowest BCUT2D eigenvalue weighted by atomic mass is 9.96. The molecular weight excluding hydrogens is 446 g/mol. The summed E-state index contributed by atoms with van der Waals surface area (Å²) in [5, 5.41) is 13.7. The van der Waals surface area contributed by atoms with Crippen LogP contribution in [0.25, 0.3) is 5.76 Å². The lowest BCUT2D eigenvalue weighted by Gasteiger charge is -2.26. The van der Waals surface area contributed by atoms with Gasteiger partial charge in [-0.3, -0.25) is 14.5 Å². The molecule has 5 nitrogen and oxygen atoms in total. The summed E-state index contributed by atoms with van der Waals surface area (Å²) in [5.74, 6) is -1.25. The Morgan fingerprint density at radius 3 is 2.50 bits per heavy atom. The van der Waals surface area contributed by atoms with E-state index < -0.39 is 17.7 Å². The third kappa shape index (κ3) is 3.59. The highest BCUT2D eigenvalue weighted by Gasteiger charge is 2.48. The fourth-order valence-electron chi connectivity index (χ4n) is 4.19. The van der Waals surface area contributed by atoms with Crippen molar-refractivity contribution in [1.29, 1.82) is 0 Å². The molecule has 0 bridgehead atoms. The molecule has 7 heteroatoms. The molecular formula is C25H22ClNO4S. The minimum atomic E-state index is -0.780. The molecule has 2 heterocycles. The van der Waals surface area contributed by atoms with Gasteiger partial charge in [-0.2, -0.15) is 0 Å². The highest BCUT2D eigenvalue weighted by atomic mass is 35.5. The van der Waals surface area contributed by atoms with Crippen LogP contribution in [0.15, 0.2) is 53.4 Å². The summed E-state index contributed by atoms with van der Waals surface area (Å²) >= 11 is 7.63. The normalized spacial score (nSPS) is 17.8. The molecule has 0 aliphatic carbocycles. The second kappa shape index (κ2) is 8.45. The van der Waals surface area contributed by atoms with Crippen molar-refractivity contribution in [3.05, 3.63) is 85.6 Å². The van der Waals surface area contributed by atoms with Crippen LogP contribution < -0.4 is 9.64 Å². The quantitative estimate of drug-likeness (QED) is 0.292. The maximum Gasteiger partial charge on any atom is 0.300 e. The minimum absolute atomic E-state index is 0.0279. The Kier molecular flexibility index (Phi) is 5.84. The molecule has 32 heavy (non-hydrogen) atoms. The van der Waals surface area contributed by atoms with Crippen molar-refractivity contribution >= 4 is 46.1 Å². The first-order valence-electron chi connectivity index (χ1n) is 10.0. The Hall–Kier alpha value is -3.09. The van der Waals surface area contributed by atoms with Crippen molar-refractivity contribution < 1.29 is 19.4 Å². The zero-order chi connectivity index (χ0) is 23.2. The van der Waals surface area contributed by atoms with Crippen molar-refractivity contribution in [1.82, 2.24) is 0 Å². The topological polar surface area (TPSA) is 66.8 Å². The molecule has 1 atom stereocenters. The largest absolute Gasteiger partial charge is 0.507 e. The summed E-state index contributed by atoms with van der Waals surface area (Å²) in [5.41, 5.74) is 3.46. The minimum Gasteiger partial charge on any atom is -0.507 e. The fourth-order valence-corrected chi connectivity index (χ4v) is 5.18. The van der Waals surface area contributed by atoms with E-state index in [-0.39, 0.29) is 11.3 Å². The zero-order valence-electron chi connectivity index (χ0n) is 18.1. The number of ketones is 1. The van der Waals surface area contributed by atoms with Gasteiger partial charge in [-0.05, 0) is 67.1 Å². The number of methoxy groups -OCH3 is 1. The van der Waals surface area contributed by atoms with Gasteiger partial charge in [0.15, 0.2) is 0 Å². The van der Waals surface area contributed by atoms with Crippen LogP contribution in [-0.4, -0.2) is 23.9 Å². The summed E-state index contributed by atoms with van der Waals surface area (Å²) < 4.78 is 5.53. The van der Waals surface area contributed by atoms with Crippen LogP contribution in [0.5, 0.6) is 5.75 Å². The number of ether oxygens (including phenoxy) is 1. The fraction of sp³-hybridized carbons (Fsp3) is 0.200. The second-order valence-electron chi connectivity index (χ2n) is 7.78. The molecule has 1 aliphatic heterocycles. The van der Waals surface area contributed by atoms with E-state index in [1.807, 2.05) is 44.4 Å². The highest BCUT2D eigenvalue weighted by Crippen LogP contribution is 2.46. The van der Waals surface area contributed by atoms with Gasteiger partial charge in [-0.1, -0.05) is 29.8 Å². The molecule has 1 amide bonds. The third-order valence-corrected chi connectivity index (χ3v) is 6.73. The zero-order valence-corrected chi connectivity index (χ0v) is 19.7. The number of thiophene rings is 1. The standard InChI is InChI=1S/C25H22ClNO4S/c1-13-10-15(3)24(31-4)17(11-13)22(28)20-21(19-6-5-9-32-19)27(25(30)23(20)29)18-12-16(26)8-7-14(18)2/h5-12,21,28H,1-4H3/b22-20-. The van der Waals surface area contributed by atoms with Crippen molar-refractivity contribution in [2.45, 2.75) is 26.8 Å². The van der Waals surface area contributed by atoms with E-state index in [2.05, 4.69) is 0 Å². The van der Waals surface area contributed by atoms with Crippen LogP contribution in [0.3, 0.4) is 0 Å². The van der Waals surface area contributed by atoms with Gasteiger partial charge in [0.25, 0.3) is 11.7 Å². The van der Waals surface area contributed by atoms with Crippen molar-refractivity contribution in [3.63, 3.8) is 0 Å². The average Bonchev–Trinajstić information content (AvgIpc) is 3.36. The predicted octanol–water partition coefficient (Wildman–Crippen LogP) is 5.96. The molecule has 0 spiro atoms. The van der Waals surface area contributed by atoms with Crippen LogP contribution in [0.4, 0.5) is 5.69 Å². The monoisotopic (exact) mass is 467 g/mol. The Morgan fingerprint density at radius 2 is 1.84 bits per heavy atom. The molecule has 3 aromatic rings. The van der Waals surface area contributed by atoms with E-state index >= 15 is 0 Å². The molecule has 1 aromatic heterocycles. The second-order valence-corrected chi connectivity index (χ2v) is 9.19. The molecule has 1 unspecified atom stereocenters. The van der Waals surface area contributed by atoms with E-state index in [4.69, 9.17) is 16.3 Å². The van der Waals surface area contributed by atoms with Gasteiger partial charge >= 0.3 is 0 Å². The molecule has 1 N–H and O–H groups in total. The van der Waals surface area contributed by atoms with Gasteiger partial charge in [0, 0.05) is 15.6 Å². The first kappa shape index (κ1) is 22.1. The van der Waals surface area contributed by atoms with Crippen LogP contribution in [-0.2, 0) is 9.59 Å². The number of hydrogen-bond acceptors (Lipinski definition) is 5. The van der Waals surface area contributed by atoms with Crippen LogP contribution in [0, 0.1) is 20.8 Å². The predicted molar refractivity (Wildman–Crippen MR) is 128 cm³/mol. The number of aliphatic hydroxyl groups excluding tert-OH is 1. The molecule has 164 valence electrons. The number of amides is 1. The number of Topliss-reactive ketones (excluding diaryl/α,β-unsaturated/α-hetero) is 1. The van der Waals surface area contributed by atoms with Gasteiger partial charge < -0.3 is 9.84 Å². The maximum absolute atomic E-state index is 13.3. The lowest BCUT2D eigenvalue weighted by molar-refractivity contribution is -0.132. The van der Waals surface area contributed by atoms with Gasteiger partial charge in [0.05, 0.1) is 18.2 Å². The number of aryl methyl sites for hydroxylation is 3. The van der Waals surface area contributed by atoms with Crippen molar-refractivity contribution in [3.8, 4) is 5.75 Å². The number of carbonyl (C=O) groups is 2. The lowest BCUT2D eigenvalue weighted by Crippen LogP contribution is -2.29. The Morgan fingerprint density at radius 1 is 1.09 bits per heavy atom. The Bertz CT molecular complexity index is 1260. The van der Waals surface area contributed by atoms with Crippen LogP contribution >= 0.6 is 22.9 Å². The summed E-state index contributed by atoms with van der Waals surface area (Å²) in [6.45, 7) is 5.62. The van der Waals surface area contributed by atoms with E-state index in [0.29, 0.717) is 22.0 Å². The van der Waals surface area contributed by atoms with Gasteiger partial charge in [0.2, 0.25) is 0 Å². The highest BCUT2D eigenvalue weighted by molar-refractivity contribution is 7.10. The molecule has 0 saturated carbocycles. The molecule has 1 saturated heterocycles. The summed E-state index contributed by atoms with van der Waals surface area (Å²) in [4.78, 5) is 28.8.